The summed E-state index contributed by atoms with van der Waals surface area (Å²) in [4.78, 5) is 0. The minimum absolute atomic E-state index is 0.351. The number of alkyl halides is 2. The fourth-order valence-electron chi connectivity index (χ4n) is 1.10. The van der Waals surface area contributed by atoms with Crippen LogP contribution in [0.25, 0.3) is 0 Å². The molecule has 0 saturated heterocycles. The van der Waals surface area contributed by atoms with Crippen LogP contribution < -0.4 is 0 Å². The second-order valence-electron chi connectivity index (χ2n) is 3.01. The summed E-state index contributed by atoms with van der Waals surface area (Å²) in [6.07, 6.45) is 0.921. The van der Waals surface area contributed by atoms with Crippen LogP contribution in [0.1, 0.15) is 5.56 Å². The van der Waals surface area contributed by atoms with Gasteiger partial charge in [0.2, 0.25) is 0 Å². The maximum absolute atomic E-state index is 5.76. The van der Waals surface area contributed by atoms with Crippen molar-refractivity contribution in [1.82, 2.24) is 0 Å². The first kappa shape index (κ1) is 11.2. The molecule has 0 aromatic heterocycles. The molecule has 0 N–H and O–H groups in total. The van der Waals surface area contributed by atoms with Crippen LogP contribution in [0, 0.1) is 5.92 Å². The van der Waals surface area contributed by atoms with Gasteiger partial charge in [-0.2, -0.15) is 0 Å². The van der Waals surface area contributed by atoms with Crippen molar-refractivity contribution in [2.45, 2.75) is 6.42 Å². The van der Waals surface area contributed by atoms with Crippen molar-refractivity contribution in [3.8, 4) is 0 Å². The summed E-state index contributed by atoms with van der Waals surface area (Å²) in [5.41, 5.74) is 1.23. The number of benzene rings is 1. The maximum Gasteiger partial charge on any atom is 0.0406 e. The lowest BCUT2D eigenvalue weighted by Crippen LogP contribution is -2.07. The van der Waals surface area contributed by atoms with E-state index in [1.165, 1.54) is 5.56 Å². The Hall–Kier alpha value is 0.0900. The lowest BCUT2D eigenvalue weighted by molar-refractivity contribution is 0.662. The summed E-state index contributed by atoms with van der Waals surface area (Å²) in [5.74, 6) is 1.56. The molecule has 0 aliphatic heterocycles. The molecule has 0 atom stereocenters. The van der Waals surface area contributed by atoms with E-state index in [-0.39, 0.29) is 0 Å². The highest BCUT2D eigenvalue weighted by Gasteiger charge is 2.06. The SMILES string of the molecule is ClCC(CCl)Cc1ccc(Cl)cc1. The Labute approximate surface area is 93.8 Å². The molecule has 0 aliphatic carbocycles. The summed E-state index contributed by atoms with van der Waals surface area (Å²) >= 11 is 17.2. The van der Waals surface area contributed by atoms with E-state index >= 15 is 0 Å². The fourth-order valence-corrected chi connectivity index (χ4v) is 1.78. The Balaban J connectivity index is 2.58. The second-order valence-corrected chi connectivity index (χ2v) is 4.06. The second kappa shape index (κ2) is 5.74. The summed E-state index contributed by atoms with van der Waals surface area (Å²) in [7, 11) is 0. The molecule has 0 bridgehead atoms. The minimum Gasteiger partial charge on any atom is -0.126 e. The molecule has 0 aliphatic rings. The largest absolute Gasteiger partial charge is 0.126 e. The molecule has 0 nitrogen and oxygen atoms in total. The number of halogens is 3. The summed E-state index contributed by atoms with van der Waals surface area (Å²) in [6.45, 7) is 0. The van der Waals surface area contributed by atoms with E-state index in [0.29, 0.717) is 17.7 Å². The van der Waals surface area contributed by atoms with Crippen molar-refractivity contribution in [2.75, 3.05) is 11.8 Å². The van der Waals surface area contributed by atoms with Crippen molar-refractivity contribution in [2.24, 2.45) is 5.92 Å². The summed E-state index contributed by atoms with van der Waals surface area (Å²) < 4.78 is 0. The molecule has 1 aromatic carbocycles. The first-order valence-corrected chi connectivity index (χ1v) is 5.57. The first-order chi connectivity index (χ1) is 6.26. The Kier molecular flexibility index (Phi) is 4.93. The van der Waals surface area contributed by atoms with Crippen molar-refractivity contribution in [3.05, 3.63) is 34.9 Å². The van der Waals surface area contributed by atoms with Crippen LogP contribution in [0.15, 0.2) is 24.3 Å². The zero-order valence-electron chi connectivity index (χ0n) is 7.14. The van der Waals surface area contributed by atoms with Gasteiger partial charge in [0, 0.05) is 16.8 Å². The number of hydrogen-bond acceptors (Lipinski definition) is 0. The van der Waals surface area contributed by atoms with Gasteiger partial charge in [0.15, 0.2) is 0 Å². The van der Waals surface area contributed by atoms with Gasteiger partial charge in [0.05, 0.1) is 0 Å². The molecule has 0 radical (unpaired) electrons. The molecule has 1 aromatic rings. The number of hydrogen-bond donors (Lipinski definition) is 0. The van der Waals surface area contributed by atoms with Gasteiger partial charge in [0.1, 0.15) is 0 Å². The van der Waals surface area contributed by atoms with Crippen molar-refractivity contribution < 1.29 is 0 Å². The van der Waals surface area contributed by atoms with Crippen molar-refractivity contribution in [1.29, 1.82) is 0 Å². The van der Waals surface area contributed by atoms with Crippen molar-refractivity contribution >= 4 is 34.8 Å². The number of rotatable bonds is 4. The molecule has 13 heavy (non-hydrogen) atoms. The smallest absolute Gasteiger partial charge is 0.0406 e. The van der Waals surface area contributed by atoms with Gasteiger partial charge >= 0.3 is 0 Å². The van der Waals surface area contributed by atoms with Crippen LogP contribution in [-0.4, -0.2) is 11.8 Å². The van der Waals surface area contributed by atoms with Crippen LogP contribution in [0.5, 0.6) is 0 Å². The molecular weight excluding hydrogens is 226 g/mol. The normalized spacial score (nSPS) is 10.8. The average molecular weight is 238 g/mol. The highest BCUT2D eigenvalue weighted by atomic mass is 35.5. The van der Waals surface area contributed by atoms with Gasteiger partial charge in [-0.05, 0) is 30.0 Å². The molecule has 3 heteroatoms. The van der Waals surface area contributed by atoms with Crippen LogP contribution in [0.3, 0.4) is 0 Å². The predicted octanol–water partition coefficient (Wildman–Crippen LogP) is 3.98. The quantitative estimate of drug-likeness (QED) is 0.695. The zero-order chi connectivity index (χ0) is 9.68. The maximum atomic E-state index is 5.76. The Morgan fingerprint density at radius 3 is 2.00 bits per heavy atom. The van der Waals surface area contributed by atoms with E-state index in [1.807, 2.05) is 24.3 Å². The van der Waals surface area contributed by atoms with Crippen LogP contribution in [0.4, 0.5) is 0 Å². The Morgan fingerprint density at radius 1 is 1.00 bits per heavy atom. The highest BCUT2D eigenvalue weighted by Crippen LogP contribution is 2.15. The molecule has 0 spiro atoms. The fraction of sp³-hybridized carbons (Fsp3) is 0.400. The van der Waals surface area contributed by atoms with E-state index in [4.69, 9.17) is 34.8 Å². The van der Waals surface area contributed by atoms with Gasteiger partial charge in [-0.3, -0.25) is 0 Å². The molecule has 0 saturated carbocycles. The van der Waals surface area contributed by atoms with Gasteiger partial charge in [-0.15, -0.1) is 23.2 Å². The highest BCUT2D eigenvalue weighted by molar-refractivity contribution is 6.30. The first-order valence-electron chi connectivity index (χ1n) is 4.12. The Bertz CT molecular complexity index is 239. The molecule has 0 unspecified atom stereocenters. The summed E-state index contributed by atoms with van der Waals surface area (Å²) in [5, 5.41) is 0.761. The Morgan fingerprint density at radius 2 is 1.54 bits per heavy atom. The van der Waals surface area contributed by atoms with Gasteiger partial charge in [-0.1, -0.05) is 23.7 Å². The minimum atomic E-state index is 0.351. The van der Waals surface area contributed by atoms with E-state index in [9.17, 15) is 0 Å². The average Bonchev–Trinajstić information content (AvgIpc) is 2.17. The molecule has 72 valence electrons. The van der Waals surface area contributed by atoms with Crippen LogP contribution >= 0.6 is 34.8 Å². The van der Waals surface area contributed by atoms with Gasteiger partial charge in [0.25, 0.3) is 0 Å². The van der Waals surface area contributed by atoms with Crippen LogP contribution in [0.2, 0.25) is 5.02 Å². The van der Waals surface area contributed by atoms with Crippen LogP contribution in [-0.2, 0) is 6.42 Å². The lowest BCUT2D eigenvalue weighted by Gasteiger charge is -2.09. The molecule has 0 heterocycles. The van der Waals surface area contributed by atoms with Gasteiger partial charge in [-0.25, -0.2) is 0 Å². The molecule has 1 rings (SSSR count). The third kappa shape index (κ3) is 3.76. The third-order valence-corrected chi connectivity index (χ3v) is 3.00. The molecule has 0 fully saturated rings. The van der Waals surface area contributed by atoms with E-state index < -0.39 is 0 Å². The standard InChI is InChI=1S/C10H11Cl3/c11-6-9(7-12)5-8-1-3-10(13)4-2-8/h1-4,9H,5-7H2. The monoisotopic (exact) mass is 236 g/mol. The predicted molar refractivity (Wildman–Crippen MR) is 60.1 cm³/mol. The molecular formula is C10H11Cl3. The zero-order valence-corrected chi connectivity index (χ0v) is 9.41. The van der Waals surface area contributed by atoms with Crippen molar-refractivity contribution in [3.63, 3.8) is 0 Å². The van der Waals surface area contributed by atoms with E-state index in [0.717, 1.165) is 11.4 Å². The van der Waals surface area contributed by atoms with E-state index in [1.54, 1.807) is 0 Å². The van der Waals surface area contributed by atoms with Gasteiger partial charge < -0.3 is 0 Å². The lowest BCUT2D eigenvalue weighted by atomic mass is 10.0. The van der Waals surface area contributed by atoms with E-state index in [2.05, 4.69) is 0 Å². The molecule has 0 amide bonds. The summed E-state index contributed by atoms with van der Waals surface area (Å²) in [6, 6.07) is 7.79. The third-order valence-electron chi connectivity index (χ3n) is 1.87. The topological polar surface area (TPSA) is 0 Å².